The van der Waals surface area contributed by atoms with Gasteiger partial charge in [-0.3, -0.25) is 9.69 Å². The third-order valence-electron chi connectivity index (χ3n) is 4.72. The van der Waals surface area contributed by atoms with Gasteiger partial charge in [-0.25, -0.2) is 4.39 Å². The first-order valence-corrected chi connectivity index (χ1v) is 9.15. The maximum atomic E-state index is 13.8. The molecule has 26 heavy (non-hydrogen) atoms. The molecule has 0 aromatic heterocycles. The van der Waals surface area contributed by atoms with Crippen molar-refractivity contribution >= 4 is 11.6 Å². The topological polar surface area (TPSA) is 41.6 Å². The van der Waals surface area contributed by atoms with E-state index in [1.54, 1.807) is 6.07 Å². The van der Waals surface area contributed by atoms with Crippen LogP contribution in [0.25, 0.3) is 0 Å². The van der Waals surface area contributed by atoms with Gasteiger partial charge in [0.15, 0.2) is 0 Å². The number of hydrogen-bond acceptors (Lipinski definition) is 3. The predicted molar refractivity (Wildman–Crippen MR) is 101 cm³/mol. The summed E-state index contributed by atoms with van der Waals surface area (Å²) in [6, 6.07) is 14.3. The van der Waals surface area contributed by atoms with E-state index >= 15 is 0 Å². The van der Waals surface area contributed by atoms with Gasteiger partial charge < -0.3 is 10.1 Å². The summed E-state index contributed by atoms with van der Waals surface area (Å²) in [5.41, 5.74) is 1.47. The molecule has 1 saturated heterocycles. The van der Waals surface area contributed by atoms with Gasteiger partial charge in [-0.1, -0.05) is 24.3 Å². The quantitative estimate of drug-likeness (QED) is 0.848. The fraction of sp³-hybridized carbons (Fsp3) is 0.381. The largest absolute Gasteiger partial charge is 0.494 e. The average molecular weight is 356 g/mol. The summed E-state index contributed by atoms with van der Waals surface area (Å²) < 4.78 is 19.2. The van der Waals surface area contributed by atoms with E-state index in [1.807, 2.05) is 43.3 Å². The Labute approximate surface area is 154 Å². The van der Waals surface area contributed by atoms with Crippen LogP contribution in [0.5, 0.6) is 5.75 Å². The number of nitrogens with zero attached hydrogens (tertiary/aromatic N) is 1. The molecule has 1 fully saturated rings. The van der Waals surface area contributed by atoms with Crippen molar-refractivity contribution in [2.24, 2.45) is 5.92 Å². The minimum absolute atomic E-state index is 0.0115. The van der Waals surface area contributed by atoms with Gasteiger partial charge in [0.2, 0.25) is 5.91 Å². The highest BCUT2D eigenvalue weighted by molar-refractivity contribution is 5.92. The number of amides is 1. The zero-order valence-corrected chi connectivity index (χ0v) is 15.1. The van der Waals surface area contributed by atoms with E-state index < -0.39 is 0 Å². The van der Waals surface area contributed by atoms with E-state index in [0.29, 0.717) is 18.7 Å². The van der Waals surface area contributed by atoms with E-state index in [0.717, 1.165) is 37.4 Å². The molecule has 0 aliphatic carbocycles. The maximum absolute atomic E-state index is 13.8. The van der Waals surface area contributed by atoms with Gasteiger partial charge in [0.05, 0.1) is 6.61 Å². The molecule has 2 aromatic rings. The number of ether oxygens (including phenoxy) is 1. The fourth-order valence-corrected chi connectivity index (χ4v) is 3.30. The lowest BCUT2D eigenvalue weighted by atomic mass is 9.95. The molecule has 5 heteroatoms. The molecule has 0 radical (unpaired) electrons. The molecule has 1 heterocycles. The van der Waals surface area contributed by atoms with Crippen LogP contribution in [-0.2, 0) is 11.3 Å². The first kappa shape index (κ1) is 18.4. The monoisotopic (exact) mass is 356 g/mol. The molecule has 138 valence electrons. The minimum atomic E-state index is -0.165. The summed E-state index contributed by atoms with van der Waals surface area (Å²) >= 11 is 0. The Bertz CT molecular complexity index is 742. The van der Waals surface area contributed by atoms with Crippen molar-refractivity contribution in [3.05, 3.63) is 59.9 Å². The number of hydrogen-bond donors (Lipinski definition) is 1. The first-order valence-electron chi connectivity index (χ1n) is 9.15. The Hall–Kier alpha value is -2.40. The summed E-state index contributed by atoms with van der Waals surface area (Å²) in [6.45, 7) is 4.71. The van der Waals surface area contributed by atoms with Crippen LogP contribution in [0, 0.1) is 11.7 Å². The summed E-state index contributed by atoms with van der Waals surface area (Å²) in [4.78, 5) is 14.7. The average Bonchev–Trinajstić information content (AvgIpc) is 2.65. The third-order valence-corrected chi connectivity index (χ3v) is 4.72. The number of rotatable bonds is 6. The second-order valence-electron chi connectivity index (χ2n) is 6.59. The van der Waals surface area contributed by atoms with E-state index in [9.17, 15) is 9.18 Å². The van der Waals surface area contributed by atoms with Gasteiger partial charge in [0.1, 0.15) is 11.6 Å². The van der Waals surface area contributed by atoms with Crippen molar-refractivity contribution in [1.29, 1.82) is 0 Å². The molecular weight excluding hydrogens is 331 g/mol. The fourth-order valence-electron chi connectivity index (χ4n) is 3.30. The van der Waals surface area contributed by atoms with Gasteiger partial charge in [-0.15, -0.1) is 0 Å². The van der Waals surface area contributed by atoms with Gasteiger partial charge >= 0.3 is 0 Å². The van der Waals surface area contributed by atoms with Crippen molar-refractivity contribution in [3.8, 4) is 5.75 Å². The van der Waals surface area contributed by atoms with E-state index in [1.165, 1.54) is 6.07 Å². The smallest absolute Gasteiger partial charge is 0.227 e. The Morgan fingerprint density at radius 1 is 1.19 bits per heavy atom. The molecule has 0 saturated carbocycles. The SMILES string of the molecule is CCOc1cccc(NC(=O)C2CCN(Cc3ccccc3F)CC2)c1. The van der Waals surface area contributed by atoms with Gasteiger partial charge in [0.25, 0.3) is 0 Å². The Balaban J connectivity index is 1.50. The molecule has 0 unspecified atom stereocenters. The van der Waals surface area contributed by atoms with E-state index in [4.69, 9.17) is 4.74 Å². The van der Waals surface area contributed by atoms with Crippen molar-refractivity contribution in [2.45, 2.75) is 26.3 Å². The van der Waals surface area contributed by atoms with Crippen LogP contribution in [0.1, 0.15) is 25.3 Å². The second-order valence-corrected chi connectivity index (χ2v) is 6.59. The zero-order chi connectivity index (χ0) is 18.4. The molecule has 0 spiro atoms. The van der Waals surface area contributed by atoms with Crippen LogP contribution in [-0.4, -0.2) is 30.5 Å². The number of carbonyl (C=O) groups excluding carboxylic acids is 1. The molecular formula is C21H25FN2O2. The molecule has 0 bridgehead atoms. The summed E-state index contributed by atoms with van der Waals surface area (Å²) in [5, 5.41) is 2.99. The lowest BCUT2D eigenvalue weighted by Gasteiger charge is -2.31. The minimum Gasteiger partial charge on any atom is -0.494 e. The first-order chi connectivity index (χ1) is 12.7. The van der Waals surface area contributed by atoms with Crippen LogP contribution >= 0.6 is 0 Å². The van der Waals surface area contributed by atoms with Crippen LogP contribution in [0.2, 0.25) is 0 Å². The zero-order valence-electron chi connectivity index (χ0n) is 15.1. The second kappa shape index (κ2) is 8.81. The maximum Gasteiger partial charge on any atom is 0.227 e. The van der Waals surface area contributed by atoms with Crippen molar-refractivity contribution in [1.82, 2.24) is 4.90 Å². The van der Waals surface area contributed by atoms with E-state index in [-0.39, 0.29) is 17.6 Å². The van der Waals surface area contributed by atoms with Gasteiger partial charge in [-0.05, 0) is 51.1 Å². The highest BCUT2D eigenvalue weighted by Gasteiger charge is 2.25. The van der Waals surface area contributed by atoms with Crippen molar-refractivity contribution in [2.75, 3.05) is 25.0 Å². The molecule has 3 rings (SSSR count). The molecule has 1 N–H and O–H groups in total. The lowest BCUT2D eigenvalue weighted by molar-refractivity contribution is -0.121. The Morgan fingerprint density at radius 3 is 2.69 bits per heavy atom. The normalized spacial score (nSPS) is 15.6. The number of carbonyl (C=O) groups is 1. The number of likely N-dealkylation sites (tertiary alicyclic amines) is 1. The summed E-state index contributed by atoms with van der Waals surface area (Å²) in [5.74, 6) is 0.623. The van der Waals surface area contributed by atoms with Gasteiger partial charge in [0, 0.05) is 29.8 Å². The summed E-state index contributed by atoms with van der Waals surface area (Å²) in [6.07, 6.45) is 1.57. The summed E-state index contributed by atoms with van der Waals surface area (Å²) in [7, 11) is 0. The number of benzene rings is 2. The number of nitrogens with one attached hydrogen (secondary N) is 1. The standard InChI is InChI=1S/C21H25FN2O2/c1-2-26-19-8-5-7-18(14-19)23-21(25)16-10-12-24(13-11-16)15-17-6-3-4-9-20(17)22/h3-9,14,16H,2,10-13,15H2,1H3,(H,23,25). The molecule has 1 aliphatic heterocycles. The third kappa shape index (κ3) is 4.82. The highest BCUT2D eigenvalue weighted by Crippen LogP contribution is 2.23. The highest BCUT2D eigenvalue weighted by atomic mass is 19.1. The van der Waals surface area contributed by atoms with E-state index in [2.05, 4.69) is 10.2 Å². The van der Waals surface area contributed by atoms with Crippen LogP contribution in [0.3, 0.4) is 0 Å². The molecule has 2 aromatic carbocycles. The molecule has 1 aliphatic rings. The number of halogens is 1. The lowest BCUT2D eigenvalue weighted by Crippen LogP contribution is -2.37. The van der Waals surface area contributed by atoms with Crippen molar-refractivity contribution < 1.29 is 13.9 Å². The van der Waals surface area contributed by atoms with Gasteiger partial charge in [-0.2, -0.15) is 0 Å². The van der Waals surface area contributed by atoms with Crippen LogP contribution in [0.15, 0.2) is 48.5 Å². The van der Waals surface area contributed by atoms with Crippen LogP contribution < -0.4 is 10.1 Å². The molecule has 4 nitrogen and oxygen atoms in total. The Kier molecular flexibility index (Phi) is 6.23. The van der Waals surface area contributed by atoms with Crippen LogP contribution in [0.4, 0.5) is 10.1 Å². The molecule has 0 atom stereocenters. The molecule has 1 amide bonds. The predicted octanol–water partition coefficient (Wildman–Crippen LogP) is 4.08. The van der Waals surface area contributed by atoms with Crippen molar-refractivity contribution in [3.63, 3.8) is 0 Å². The number of anilines is 1. The Morgan fingerprint density at radius 2 is 1.96 bits per heavy atom. The number of piperidine rings is 1.